The molecule has 0 amide bonds. The molecule has 1 fully saturated rings. The second-order valence-corrected chi connectivity index (χ2v) is 4.53. The molecule has 0 radical (unpaired) electrons. The second kappa shape index (κ2) is 5.66. The van der Waals surface area contributed by atoms with Gasteiger partial charge in [-0.05, 0) is 19.3 Å². The molecule has 2 rings (SSSR count). The van der Waals surface area contributed by atoms with E-state index in [0.29, 0.717) is 18.4 Å². The highest BCUT2D eigenvalue weighted by atomic mass is 16.4. The Balaban J connectivity index is 1.93. The summed E-state index contributed by atoms with van der Waals surface area (Å²) in [6.45, 7) is 0.374. The predicted molar refractivity (Wildman–Crippen MR) is 68.8 cm³/mol. The molecule has 98 valence electrons. The Kier molecular flexibility index (Phi) is 3.96. The van der Waals surface area contributed by atoms with Crippen molar-refractivity contribution in [2.24, 2.45) is 0 Å². The van der Waals surface area contributed by atoms with Crippen molar-refractivity contribution in [3.05, 3.63) is 12.4 Å². The van der Waals surface area contributed by atoms with Crippen molar-refractivity contribution in [1.29, 1.82) is 0 Å². The minimum Gasteiger partial charge on any atom is -0.481 e. The fourth-order valence-corrected chi connectivity index (χ4v) is 1.90. The standard InChI is InChI=1S/C12H18N4O2/c1-16(9-3-2-4-9)11-7-10(14-8-15-11)13-6-5-12(17)18/h7-9H,2-6H2,1H3,(H,17,18)(H,13,14,15). The van der Waals surface area contributed by atoms with Crippen LogP contribution in [-0.2, 0) is 4.79 Å². The maximum absolute atomic E-state index is 10.4. The number of carbonyl (C=O) groups is 1. The molecule has 0 unspecified atom stereocenters. The van der Waals surface area contributed by atoms with Crippen molar-refractivity contribution >= 4 is 17.6 Å². The summed E-state index contributed by atoms with van der Waals surface area (Å²) < 4.78 is 0. The molecule has 0 bridgehead atoms. The van der Waals surface area contributed by atoms with Crippen LogP contribution in [0.25, 0.3) is 0 Å². The molecule has 0 aliphatic heterocycles. The van der Waals surface area contributed by atoms with E-state index >= 15 is 0 Å². The van der Waals surface area contributed by atoms with E-state index in [1.807, 2.05) is 13.1 Å². The third kappa shape index (κ3) is 3.09. The maximum atomic E-state index is 10.4. The number of aliphatic carboxylic acids is 1. The van der Waals surface area contributed by atoms with E-state index in [1.54, 1.807) is 0 Å². The first kappa shape index (κ1) is 12.6. The van der Waals surface area contributed by atoms with Crippen LogP contribution in [0.1, 0.15) is 25.7 Å². The van der Waals surface area contributed by atoms with Gasteiger partial charge in [0.15, 0.2) is 0 Å². The number of nitrogens with one attached hydrogen (secondary N) is 1. The summed E-state index contributed by atoms with van der Waals surface area (Å²) in [6, 6.07) is 2.44. The van der Waals surface area contributed by atoms with Crippen LogP contribution in [0.2, 0.25) is 0 Å². The van der Waals surface area contributed by atoms with E-state index < -0.39 is 5.97 Å². The van der Waals surface area contributed by atoms with Gasteiger partial charge in [-0.2, -0.15) is 0 Å². The number of hydrogen-bond donors (Lipinski definition) is 2. The minimum atomic E-state index is -0.816. The summed E-state index contributed by atoms with van der Waals surface area (Å²) in [7, 11) is 2.03. The topological polar surface area (TPSA) is 78.4 Å². The first-order valence-electron chi connectivity index (χ1n) is 6.17. The van der Waals surface area contributed by atoms with Gasteiger partial charge in [-0.1, -0.05) is 0 Å². The lowest BCUT2D eigenvalue weighted by Gasteiger charge is -2.35. The molecule has 0 atom stereocenters. The first-order valence-corrected chi connectivity index (χ1v) is 6.17. The molecule has 18 heavy (non-hydrogen) atoms. The smallest absolute Gasteiger partial charge is 0.305 e. The van der Waals surface area contributed by atoms with Gasteiger partial charge in [-0.15, -0.1) is 0 Å². The quantitative estimate of drug-likeness (QED) is 0.793. The van der Waals surface area contributed by atoms with Gasteiger partial charge >= 0.3 is 5.97 Å². The Labute approximate surface area is 106 Å². The molecular weight excluding hydrogens is 232 g/mol. The molecule has 1 heterocycles. The molecule has 6 heteroatoms. The third-order valence-electron chi connectivity index (χ3n) is 3.28. The largest absolute Gasteiger partial charge is 0.481 e. The molecule has 1 saturated carbocycles. The average molecular weight is 250 g/mol. The summed E-state index contributed by atoms with van der Waals surface area (Å²) >= 11 is 0. The lowest BCUT2D eigenvalue weighted by molar-refractivity contribution is -0.136. The summed E-state index contributed by atoms with van der Waals surface area (Å²) in [5.41, 5.74) is 0. The van der Waals surface area contributed by atoms with Gasteiger partial charge in [-0.3, -0.25) is 4.79 Å². The zero-order valence-corrected chi connectivity index (χ0v) is 10.5. The summed E-state index contributed by atoms with van der Waals surface area (Å²) in [6.07, 6.45) is 5.29. The molecule has 2 N–H and O–H groups in total. The number of anilines is 2. The molecular formula is C12H18N4O2. The van der Waals surface area contributed by atoms with Gasteiger partial charge in [0.25, 0.3) is 0 Å². The van der Waals surface area contributed by atoms with Crippen molar-refractivity contribution in [2.45, 2.75) is 31.7 Å². The van der Waals surface area contributed by atoms with Crippen LogP contribution in [0.5, 0.6) is 0 Å². The fraction of sp³-hybridized carbons (Fsp3) is 0.583. The number of aromatic nitrogens is 2. The number of carboxylic acid groups (broad SMARTS) is 1. The zero-order valence-electron chi connectivity index (χ0n) is 10.5. The van der Waals surface area contributed by atoms with Crippen molar-refractivity contribution in [2.75, 3.05) is 23.8 Å². The van der Waals surface area contributed by atoms with Crippen molar-refractivity contribution < 1.29 is 9.90 Å². The minimum absolute atomic E-state index is 0.0812. The average Bonchev–Trinajstić information content (AvgIpc) is 2.26. The normalized spacial score (nSPS) is 14.9. The van der Waals surface area contributed by atoms with Crippen LogP contribution in [0.4, 0.5) is 11.6 Å². The van der Waals surface area contributed by atoms with Crippen LogP contribution in [-0.4, -0.2) is 40.7 Å². The van der Waals surface area contributed by atoms with E-state index in [1.165, 1.54) is 25.6 Å². The summed E-state index contributed by atoms with van der Waals surface area (Å²) in [5, 5.41) is 11.6. The van der Waals surface area contributed by atoms with Crippen LogP contribution in [0.3, 0.4) is 0 Å². The van der Waals surface area contributed by atoms with E-state index in [4.69, 9.17) is 5.11 Å². The van der Waals surface area contributed by atoms with E-state index in [2.05, 4.69) is 20.2 Å². The Morgan fingerprint density at radius 3 is 2.94 bits per heavy atom. The third-order valence-corrected chi connectivity index (χ3v) is 3.28. The summed E-state index contributed by atoms with van der Waals surface area (Å²) in [4.78, 5) is 20.9. The monoisotopic (exact) mass is 250 g/mol. The van der Waals surface area contributed by atoms with Crippen molar-refractivity contribution in [3.8, 4) is 0 Å². The molecule has 0 saturated heterocycles. The number of rotatable bonds is 6. The van der Waals surface area contributed by atoms with Crippen LogP contribution in [0, 0.1) is 0 Å². The lowest BCUT2D eigenvalue weighted by atomic mass is 9.92. The van der Waals surface area contributed by atoms with Gasteiger partial charge in [0.2, 0.25) is 0 Å². The van der Waals surface area contributed by atoms with Crippen LogP contribution < -0.4 is 10.2 Å². The number of nitrogens with zero attached hydrogens (tertiary/aromatic N) is 3. The van der Waals surface area contributed by atoms with E-state index in [9.17, 15) is 4.79 Å². The molecule has 1 aromatic heterocycles. The molecule has 1 aliphatic rings. The van der Waals surface area contributed by atoms with Crippen molar-refractivity contribution in [1.82, 2.24) is 9.97 Å². The first-order chi connectivity index (χ1) is 8.66. The van der Waals surface area contributed by atoms with E-state index in [0.717, 1.165) is 5.82 Å². The lowest BCUT2D eigenvalue weighted by Crippen LogP contribution is -2.37. The van der Waals surface area contributed by atoms with Gasteiger partial charge in [0, 0.05) is 25.7 Å². The molecule has 1 aliphatic carbocycles. The van der Waals surface area contributed by atoms with E-state index in [-0.39, 0.29) is 6.42 Å². The fourth-order valence-electron chi connectivity index (χ4n) is 1.90. The molecule has 6 nitrogen and oxygen atoms in total. The highest BCUT2D eigenvalue weighted by Crippen LogP contribution is 2.27. The van der Waals surface area contributed by atoms with Gasteiger partial charge in [0.1, 0.15) is 18.0 Å². The maximum Gasteiger partial charge on any atom is 0.305 e. The Bertz CT molecular complexity index is 420. The highest BCUT2D eigenvalue weighted by Gasteiger charge is 2.23. The SMILES string of the molecule is CN(c1cc(NCCC(=O)O)ncn1)C1CCC1. The highest BCUT2D eigenvalue weighted by molar-refractivity contribution is 5.67. The summed E-state index contributed by atoms with van der Waals surface area (Å²) in [5.74, 6) is 0.739. The van der Waals surface area contributed by atoms with Crippen molar-refractivity contribution in [3.63, 3.8) is 0 Å². The number of carboxylic acids is 1. The Hall–Kier alpha value is -1.85. The predicted octanol–water partition coefficient (Wildman–Crippen LogP) is 1.35. The van der Waals surface area contributed by atoms with Gasteiger partial charge in [0.05, 0.1) is 6.42 Å². The molecule has 1 aromatic rings. The molecule has 0 aromatic carbocycles. The van der Waals surface area contributed by atoms with Crippen LogP contribution in [0.15, 0.2) is 12.4 Å². The Morgan fingerprint density at radius 2 is 2.33 bits per heavy atom. The Morgan fingerprint density at radius 1 is 1.56 bits per heavy atom. The second-order valence-electron chi connectivity index (χ2n) is 4.53. The van der Waals surface area contributed by atoms with Gasteiger partial charge < -0.3 is 15.3 Å². The van der Waals surface area contributed by atoms with Crippen LogP contribution >= 0.6 is 0 Å². The number of hydrogen-bond acceptors (Lipinski definition) is 5. The zero-order chi connectivity index (χ0) is 13.0. The molecule has 0 spiro atoms. The van der Waals surface area contributed by atoms with Gasteiger partial charge in [-0.25, -0.2) is 9.97 Å².